The van der Waals surface area contributed by atoms with Crippen LogP contribution >= 0.6 is 0 Å². The maximum absolute atomic E-state index is 14.1. The van der Waals surface area contributed by atoms with Crippen molar-refractivity contribution in [1.82, 2.24) is 0 Å². The average Bonchev–Trinajstić information content (AvgIpc) is 2.62. The summed E-state index contributed by atoms with van der Waals surface area (Å²) < 4.78 is 19.9. The van der Waals surface area contributed by atoms with E-state index in [-0.39, 0.29) is 12.0 Å². The summed E-state index contributed by atoms with van der Waals surface area (Å²) in [6.07, 6.45) is -0.327. The summed E-state index contributed by atoms with van der Waals surface area (Å²) in [5.74, 6) is -0.880. The van der Waals surface area contributed by atoms with Gasteiger partial charge in [-0.25, -0.2) is 4.39 Å². The molecule has 0 saturated carbocycles. The minimum atomic E-state index is -1.05. The van der Waals surface area contributed by atoms with Gasteiger partial charge in [0.2, 0.25) is 0 Å². The van der Waals surface area contributed by atoms with E-state index in [2.05, 4.69) is 0 Å². The van der Waals surface area contributed by atoms with Crippen LogP contribution in [0.15, 0.2) is 72.8 Å². The Morgan fingerprint density at radius 2 is 1.68 bits per heavy atom. The molecule has 3 aromatic carbocycles. The molecule has 0 atom stereocenters. The number of carbonyl (C=O) groups is 1. The van der Waals surface area contributed by atoms with Crippen LogP contribution in [0.25, 0.3) is 11.1 Å². The number of carboxylic acids is 1. The Morgan fingerprint density at radius 3 is 2.40 bits per heavy atom. The minimum Gasteiger partial charge on any atom is -0.489 e. The molecule has 0 saturated heterocycles. The Hall–Kier alpha value is -3.14. The lowest BCUT2D eigenvalue weighted by molar-refractivity contribution is -0.136. The summed E-state index contributed by atoms with van der Waals surface area (Å²) in [6.45, 7) is 0.455. The predicted octanol–water partition coefficient (Wildman–Crippen LogP) is 4.70. The first-order valence-corrected chi connectivity index (χ1v) is 7.89. The first-order chi connectivity index (χ1) is 12.1. The molecule has 4 heteroatoms. The van der Waals surface area contributed by atoms with E-state index in [0.717, 1.165) is 11.1 Å². The van der Waals surface area contributed by atoms with Crippen molar-refractivity contribution in [3.8, 4) is 16.9 Å². The fourth-order valence-electron chi connectivity index (χ4n) is 2.54. The highest BCUT2D eigenvalue weighted by atomic mass is 19.1. The van der Waals surface area contributed by atoms with Gasteiger partial charge in [-0.2, -0.15) is 0 Å². The van der Waals surface area contributed by atoms with Crippen molar-refractivity contribution in [1.29, 1.82) is 0 Å². The fraction of sp³-hybridized carbons (Fsp3) is 0.0952. The highest BCUT2D eigenvalue weighted by molar-refractivity contribution is 5.71. The predicted molar refractivity (Wildman–Crippen MR) is 93.9 cm³/mol. The molecular formula is C21H17FO3. The molecule has 0 spiro atoms. The second-order valence-electron chi connectivity index (χ2n) is 5.68. The first kappa shape index (κ1) is 16.7. The van der Waals surface area contributed by atoms with Crippen LogP contribution in [0.1, 0.15) is 11.1 Å². The van der Waals surface area contributed by atoms with E-state index in [1.54, 1.807) is 6.07 Å². The van der Waals surface area contributed by atoms with Crippen molar-refractivity contribution < 1.29 is 19.0 Å². The van der Waals surface area contributed by atoms with Crippen LogP contribution < -0.4 is 4.74 Å². The van der Waals surface area contributed by atoms with Crippen LogP contribution in [0.5, 0.6) is 5.75 Å². The quantitative estimate of drug-likeness (QED) is 0.710. The molecule has 0 aliphatic heterocycles. The number of ether oxygens (including phenoxy) is 1. The molecule has 0 radical (unpaired) electrons. The molecule has 0 unspecified atom stereocenters. The molecule has 3 nitrogen and oxygen atoms in total. The zero-order valence-corrected chi connectivity index (χ0v) is 13.5. The van der Waals surface area contributed by atoms with Gasteiger partial charge in [0.25, 0.3) is 0 Å². The lowest BCUT2D eigenvalue weighted by Gasteiger charge is -2.09. The van der Waals surface area contributed by atoms with E-state index in [0.29, 0.717) is 17.9 Å². The third-order valence-electron chi connectivity index (χ3n) is 3.81. The first-order valence-electron chi connectivity index (χ1n) is 7.89. The number of hydrogen-bond donors (Lipinski definition) is 1. The van der Waals surface area contributed by atoms with Gasteiger partial charge in [-0.05, 0) is 40.5 Å². The summed E-state index contributed by atoms with van der Waals surface area (Å²) in [4.78, 5) is 10.7. The van der Waals surface area contributed by atoms with Gasteiger partial charge in [0.05, 0.1) is 6.42 Å². The van der Waals surface area contributed by atoms with Crippen molar-refractivity contribution in [2.45, 2.75) is 13.0 Å². The number of carboxylic acid groups (broad SMARTS) is 1. The molecular weight excluding hydrogens is 319 g/mol. The Bertz CT molecular complexity index is 875. The van der Waals surface area contributed by atoms with Crippen LogP contribution in [0, 0.1) is 5.82 Å². The van der Waals surface area contributed by atoms with E-state index < -0.39 is 11.8 Å². The van der Waals surface area contributed by atoms with Gasteiger partial charge in [-0.15, -0.1) is 0 Å². The average molecular weight is 336 g/mol. The lowest BCUT2D eigenvalue weighted by Crippen LogP contribution is -2.02. The molecule has 3 aromatic rings. The summed E-state index contributed by atoms with van der Waals surface area (Å²) >= 11 is 0. The summed E-state index contributed by atoms with van der Waals surface area (Å²) in [5.41, 5.74) is 2.73. The summed E-state index contributed by atoms with van der Waals surface area (Å²) in [6, 6.07) is 21.8. The van der Waals surface area contributed by atoms with E-state index in [9.17, 15) is 9.18 Å². The molecule has 0 aliphatic rings. The molecule has 25 heavy (non-hydrogen) atoms. The number of benzene rings is 3. The monoisotopic (exact) mass is 336 g/mol. The van der Waals surface area contributed by atoms with Crippen molar-refractivity contribution in [3.63, 3.8) is 0 Å². The Kier molecular flexibility index (Phi) is 5.09. The number of hydrogen-bond acceptors (Lipinski definition) is 2. The molecule has 0 heterocycles. The number of halogens is 1. The van der Waals surface area contributed by atoms with Gasteiger partial charge in [-0.1, -0.05) is 54.6 Å². The topological polar surface area (TPSA) is 46.5 Å². The maximum atomic E-state index is 14.1. The second-order valence-corrected chi connectivity index (χ2v) is 5.68. The van der Waals surface area contributed by atoms with Crippen molar-refractivity contribution >= 4 is 5.97 Å². The standard InChI is InChI=1S/C21H17FO3/c22-20-12-17(9-10-18(20)13-21(23)24)16-7-4-8-19(11-16)25-14-15-5-2-1-3-6-15/h1-12H,13-14H2,(H,23,24). The van der Waals surface area contributed by atoms with Crippen molar-refractivity contribution in [2.75, 3.05) is 0 Å². The third-order valence-corrected chi connectivity index (χ3v) is 3.81. The Balaban J connectivity index is 1.77. The molecule has 1 N–H and O–H groups in total. The molecule has 126 valence electrons. The second kappa shape index (κ2) is 7.62. The molecule has 0 amide bonds. The Labute approximate surface area is 145 Å². The van der Waals surface area contributed by atoms with E-state index >= 15 is 0 Å². The summed E-state index contributed by atoms with van der Waals surface area (Å²) in [5, 5.41) is 8.78. The summed E-state index contributed by atoms with van der Waals surface area (Å²) in [7, 11) is 0. The zero-order chi connectivity index (χ0) is 17.6. The minimum absolute atomic E-state index is 0.174. The fourth-order valence-corrected chi connectivity index (χ4v) is 2.54. The van der Waals surface area contributed by atoms with Gasteiger partial charge in [0.1, 0.15) is 18.2 Å². The Morgan fingerprint density at radius 1 is 0.920 bits per heavy atom. The highest BCUT2D eigenvalue weighted by Crippen LogP contribution is 2.26. The molecule has 3 rings (SSSR count). The highest BCUT2D eigenvalue weighted by Gasteiger charge is 2.09. The molecule has 0 bridgehead atoms. The third kappa shape index (κ3) is 4.44. The maximum Gasteiger partial charge on any atom is 0.307 e. The molecule has 0 fully saturated rings. The molecule has 0 aliphatic carbocycles. The van der Waals surface area contributed by atoms with Crippen LogP contribution in [0.3, 0.4) is 0 Å². The van der Waals surface area contributed by atoms with E-state index in [1.807, 2.05) is 54.6 Å². The number of rotatable bonds is 6. The van der Waals surface area contributed by atoms with Crippen molar-refractivity contribution in [2.24, 2.45) is 0 Å². The number of aliphatic carboxylic acids is 1. The molecule has 0 aromatic heterocycles. The van der Waals surface area contributed by atoms with Crippen LogP contribution in [0.4, 0.5) is 4.39 Å². The van der Waals surface area contributed by atoms with Gasteiger partial charge < -0.3 is 9.84 Å². The SMILES string of the molecule is O=C(O)Cc1ccc(-c2cccc(OCc3ccccc3)c2)cc1F. The van der Waals surface area contributed by atoms with Gasteiger partial charge >= 0.3 is 5.97 Å². The van der Waals surface area contributed by atoms with E-state index in [1.165, 1.54) is 12.1 Å². The zero-order valence-electron chi connectivity index (χ0n) is 13.5. The normalized spacial score (nSPS) is 10.4. The van der Waals surface area contributed by atoms with Crippen LogP contribution in [-0.2, 0) is 17.8 Å². The lowest BCUT2D eigenvalue weighted by atomic mass is 10.0. The van der Waals surface area contributed by atoms with Gasteiger partial charge in [0.15, 0.2) is 0 Å². The smallest absolute Gasteiger partial charge is 0.307 e. The van der Waals surface area contributed by atoms with Crippen LogP contribution in [0.2, 0.25) is 0 Å². The van der Waals surface area contributed by atoms with Crippen LogP contribution in [-0.4, -0.2) is 11.1 Å². The van der Waals surface area contributed by atoms with Gasteiger partial charge in [0, 0.05) is 0 Å². The van der Waals surface area contributed by atoms with E-state index in [4.69, 9.17) is 9.84 Å². The van der Waals surface area contributed by atoms with Crippen molar-refractivity contribution in [3.05, 3.63) is 89.7 Å². The largest absolute Gasteiger partial charge is 0.489 e. The van der Waals surface area contributed by atoms with Gasteiger partial charge in [-0.3, -0.25) is 4.79 Å².